The van der Waals surface area contributed by atoms with Gasteiger partial charge in [0.1, 0.15) is 5.65 Å². The molecule has 1 saturated heterocycles. The lowest BCUT2D eigenvalue weighted by molar-refractivity contribution is 0.0600. The van der Waals surface area contributed by atoms with Gasteiger partial charge in [-0.2, -0.15) is 0 Å². The SMILES string of the molecule is CCN1CCN(Cc2cccc(-c3ccnc4c3ccn4Cc3ccc(C(=O)OC)cc3)c2)CC1. The zero-order valence-corrected chi connectivity index (χ0v) is 20.5. The highest BCUT2D eigenvalue weighted by molar-refractivity contribution is 5.93. The Morgan fingerprint density at radius 2 is 1.69 bits per heavy atom. The third-order valence-electron chi connectivity index (χ3n) is 6.95. The van der Waals surface area contributed by atoms with Gasteiger partial charge in [-0.3, -0.25) is 4.90 Å². The number of pyridine rings is 1. The molecule has 180 valence electrons. The molecular weight excluding hydrogens is 436 g/mol. The standard InChI is InChI=1S/C29H32N4O2/c1-3-31-15-17-32(18-16-31)20-23-5-4-6-25(19-23)26-11-13-30-28-27(26)12-14-33(28)21-22-7-9-24(10-8-22)29(34)35-2/h4-14,19H,3,15-18,20-21H2,1-2H3. The van der Waals surface area contributed by atoms with Crippen LogP contribution in [0.5, 0.6) is 0 Å². The number of methoxy groups -OCH3 is 1. The molecule has 0 N–H and O–H groups in total. The summed E-state index contributed by atoms with van der Waals surface area (Å²) in [6, 6.07) is 20.7. The van der Waals surface area contributed by atoms with Crippen molar-refractivity contribution in [3.8, 4) is 11.1 Å². The summed E-state index contributed by atoms with van der Waals surface area (Å²) in [6.07, 6.45) is 3.98. The molecule has 0 radical (unpaired) electrons. The first-order chi connectivity index (χ1) is 17.1. The lowest BCUT2D eigenvalue weighted by atomic mass is 10.0. The van der Waals surface area contributed by atoms with Crippen LogP contribution in [0.2, 0.25) is 0 Å². The molecule has 0 aliphatic carbocycles. The first kappa shape index (κ1) is 23.3. The molecule has 6 heteroatoms. The van der Waals surface area contributed by atoms with Crippen molar-refractivity contribution >= 4 is 17.0 Å². The average molecular weight is 469 g/mol. The minimum atomic E-state index is -0.320. The highest BCUT2D eigenvalue weighted by Crippen LogP contribution is 2.29. The Morgan fingerprint density at radius 3 is 2.43 bits per heavy atom. The first-order valence-electron chi connectivity index (χ1n) is 12.3. The second-order valence-corrected chi connectivity index (χ2v) is 9.14. The van der Waals surface area contributed by atoms with E-state index in [1.165, 1.54) is 23.8 Å². The van der Waals surface area contributed by atoms with Gasteiger partial charge < -0.3 is 14.2 Å². The lowest BCUT2D eigenvalue weighted by Gasteiger charge is -2.34. The molecule has 0 atom stereocenters. The number of hydrogen-bond acceptors (Lipinski definition) is 5. The van der Waals surface area contributed by atoms with Gasteiger partial charge in [0.15, 0.2) is 0 Å². The maximum absolute atomic E-state index is 11.7. The summed E-state index contributed by atoms with van der Waals surface area (Å²) in [7, 11) is 1.40. The van der Waals surface area contributed by atoms with Crippen molar-refractivity contribution in [3.05, 3.63) is 89.7 Å². The molecule has 0 unspecified atom stereocenters. The van der Waals surface area contributed by atoms with E-state index in [2.05, 4.69) is 68.9 Å². The van der Waals surface area contributed by atoms with E-state index in [9.17, 15) is 4.79 Å². The summed E-state index contributed by atoms with van der Waals surface area (Å²) in [5.41, 5.74) is 6.39. The van der Waals surface area contributed by atoms with Gasteiger partial charge in [-0.05, 0) is 59.1 Å². The fraction of sp³-hybridized carbons (Fsp3) is 0.310. The molecule has 3 heterocycles. The molecule has 35 heavy (non-hydrogen) atoms. The maximum Gasteiger partial charge on any atom is 0.337 e. The molecule has 1 aliphatic heterocycles. The molecule has 1 fully saturated rings. The molecule has 1 aliphatic rings. The summed E-state index contributed by atoms with van der Waals surface area (Å²) in [4.78, 5) is 21.5. The smallest absolute Gasteiger partial charge is 0.337 e. The minimum absolute atomic E-state index is 0.320. The average Bonchev–Trinajstić information content (AvgIpc) is 3.32. The van der Waals surface area contributed by atoms with Crippen LogP contribution in [0.1, 0.15) is 28.4 Å². The largest absolute Gasteiger partial charge is 0.465 e. The normalized spacial score (nSPS) is 14.9. The topological polar surface area (TPSA) is 50.6 Å². The van der Waals surface area contributed by atoms with Crippen LogP contribution < -0.4 is 0 Å². The van der Waals surface area contributed by atoms with Crippen molar-refractivity contribution < 1.29 is 9.53 Å². The molecule has 5 rings (SSSR count). The number of likely N-dealkylation sites (N-methyl/N-ethyl adjacent to an activating group) is 1. The predicted molar refractivity (Wildman–Crippen MR) is 139 cm³/mol. The van der Waals surface area contributed by atoms with E-state index in [1.54, 1.807) is 12.1 Å². The molecule has 6 nitrogen and oxygen atoms in total. The predicted octanol–water partition coefficient (Wildman–Crippen LogP) is 4.68. The number of fused-ring (bicyclic) bond motifs is 1. The van der Waals surface area contributed by atoms with Crippen molar-refractivity contribution in [2.45, 2.75) is 20.0 Å². The van der Waals surface area contributed by atoms with Crippen LogP contribution in [-0.4, -0.2) is 65.2 Å². The zero-order valence-electron chi connectivity index (χ0n) is 20.5. The summed E-state index contributed by atoms with van der Waals surface area (Å²) in [5.74, 6) is -0.320. The number of esters is 1. The van der Waals surface area contributed by atoms with E-state index in [0.29, 0.717) is 12.1 Å². The summed E-state index contributed by atoms with van der Waals surface area (Å²) < 4.78 is 6.95. The highest BCUT2D eigenvalue weighted by atomic mass is 16.5. The third-order valence-corrected chi connectivity index (χ3v) is 6.95. The van der Waals surface area contributed by atoms with Crippen molar-refractivity contribution in [2.75, 3.05) is 39.8 Å². The molecular formula is C29H32N4O2. The third kappa shape index (κ3) is 5.14. The Bertz CT molecular complexity index is 1300. The van der Waals surface area contributed by atoms with E-state index < -0.39 is 0 Å². The van der Waals surface area contributed by atoms with Gasteiger partial charge in [0.05, 0.1) is 12.7 Å². The van der Waals surface area contributed by atoms with Crippen LogP contribution in [0.4, 0.5) is 0 Å². The van der Waals surface area contributed by atoms with Crippen LogP contribution in [0.3, 0.4) is 0 Å². The molecule has 0 spiro atoms. The molecule has 0 amide bonds. The van der Waals surface area contributed by atoms with E-state index in [4.69, 9.17) is 4.74 Å². The maximum atomic E-state index is 11.7. The van der Waals surface area contributed by atoms with Crippen molar-refractivity contribution in [1.82, 2.24) is 19.4 Å². The number of aromatic nitrogens is 2. The van der Waals surface area contributed by atoms with E-state index in [0.717, 1.165) is 55.9 Å². The zero-order chi connectivity index (χ0) is 24.2. The van der Waals surface area contributed by atoms with Gasteiger partial charge in [-0.25, -0.2) is 9.78 Å². The second kappa shape index (κ2) is 10.4. The summed E-state index contributed by atoms with van der Waals surface area (Å²) in [6.45, 7) is 9.61. The number of benzene rings is 2. The molecule has 2 aromatic heterocycles. The Balaban J connectivity index is 1.35. The Morgan fingerprint density at radius 1 is 0.914 bits per heavy atom. The van der Waals surface area contributed by atoms with Gasteiger partial charge in [0.25, 0.3) is 0 Å². The van der Waals surface area contributed by atoms with Gasteiger partial charge >= 0.3 is 5.97 Å². The number of carbonyl (C=O) groups is 1. The highest BCUT2D eigenvalue weighted by Gasteiger charge is 2.16. The van der Waals surface area contributed by atoms with E-state index in [1.807, 2.05) is 18.3 Å². The number of ether oxygens (including phenoxy) is 1. The monoisotopic (exact) mass is 468 g/mol. The van der Waals surface area contributed by atoms with Crippen LogP contribution >= 0.6 is 0 Å². The number of rotatable bonds is 7. The van der Waals surface area contributed by atoms with E-state index in [-0.39, 0.29) is 5.97 Å². The van der Waals surface area contributed by atoms with Crippen molar-refractivity contribution in [3.63, 3.8) is 0 Å². The molecule has 4 aromatic rings. The number of carbonyl (C=O) groups excluding carboxylic acids is 1. The van der Waals surface area contributed by atoms with Crippen LogP contribution in [-0.2, 0) is 17.8 Å². The van der Waals surface area contributed by atoms with Gasteiger partial charge in [-0.15, -0.1) is 0 Å². The molecule has 0 bridgehead atoms. The number of hydrogen-bond donors (Lipinski definition) is 0. The van der Waals surface area contributed by atoms with Gasteiger partial charge in [0, 0.05) is 57.0 Å². The van der Waals surface area contributed by atoms with Crippen LogP contribution in [0.15, 0.2) is 73.1 Å². The number of piperazine rings is 1. The summed E-state index contributed by atoms with van der Waals surface area (Å²) >= 11 is 0. The van der Waals surface area contributed by atoms with E-state index >= 15 is 0 Å². The Kier molecular flexibility index (Phi) is 6.93. The summed E-state index contributed by atoms with van der Waals surface area (Å²) in [5, 5.41) is 1.15. The van der Waals surface area contributed by atoms with Gasteiger partial charge in [-0.1, -0.05) is 37.3 Å². The van der Waals surface area contributed by atoms with Gasteiger partial charge in [0.2, 0.25) is 0 Å². The lowest BCUT2D eigenvalue weighted by Crippen LogP contribution is -2.45. The molecule has 2 aromatic carbocycles. The first-order valence-corrected chi connectivity index (χ1v) is 12.3. The Labute approximate surface area is 206 Å². The van der Waals surface area contributed by atoms with Crippen molar-refractivity contribution in [1.29, 1.82) is 0 Å². The fourth-order valence-corrected chi connectivity index (χ4v) is 4.89. The van der Waals surface area contributed by atoms with Crippen LogP contribution in [0.25, 0.3) is 22.2 Å². The van der Waals surface area contributed by atoms with Crippen molar-refractivity contribution in [2.24, 2.45) is 0 Å². The Hall–Kier alpha value is -3.48. The fourth-order valence-electron chi connectivity index (χ4n) is 4.89. The van der Waals surface area contributed by atoms with Crippen LogP contribution in [0, 0.1) is 0 Å². The quantitative estimate of drug-likeness (QED) is 0.369. The minimum Gasteiger partial charge on any atom is -0.465 e. The number of nitrogens with zero attached hydrogens (tertiary/aromatic N) is 4. The molecule has 0 saturated carbocycles. The second-order valence-electron chi connectivity index (χ2n) is 9.14.